The number of rotatable bonds is 2. The third-order valence-electron chi connectivity index (χ3n) is 1.93. The van der Waals surface area contributed by atoms with Crippen molar-refractivity contribution in [1.82, 2.24) is 4.98 Å². The molecule has 2 heteroatoms. The first-order chi connectivity index (χ1) is 5.24. The lowest BCUT2D eigenvalue weighted by atomic mass is 10.0. The smallest absolute Gasteiger partial charge is 0.213 e. The van der Waals surface area contributed by atoms with Crippen LogP contribution >= 0.6 is 0 Å². The van der Waals surface area contributed by atoms with Crippen molar-refractivity contribution in [3.63, 3.8) is 0 Å². The van der Waals surface area contributed by atoms with Gasteiger partial charge in [0.25, 0.3) is 0 Å². The second-order valence-corrected chi connectivity index (χ2v) is 2.72. The summed E-state index contributed by atoms with van der Waals surface area (Å²) in [4.78, 5) is 3.49. The van der Waals surface area contributed by atoms with E-state index >= 15 is 0 Å². The van der Waals surface area contributed by atoms with E-state index < -0.39 is 0 Å². The summed E-state index contributed by atoms with van der Waals surface area (Å²) in [6.07, 6.45) is 2.54. The van der Waals surface area contributed by atoms with Gasteiger partial charge >= 0.3 is 0 Å². The Labute approximate surface area is 66.3 Å². The average molecular weight is 153 g/mol. The van der Waals surface area contributed by atoms with Crippen molar-refractivity contribution in [2.75, 3.05) is 0 Å². The molecule has 0 aliphatic rings. The standard InChI is InChI=1S/C9H12FN/c1-3-7(2)8-4-5-11-9(10)6-8/h4-7H,3H2,1-2H3. The van der Waals surface area contributed by atoms with Crippen molar-refractivity contribution in [2.24, 2.45) is 0 Å². The van der Waals surface area contributed by atoms with E-state index in [4.69, 9.17) is 0 Å². The van der Waals surface area contributed by atoms with Crippen LogP contribution < -0.4 is 0 Å². The van der Waals surface area contributed by atoms with Crippen LogP contribution in [0.1, 0.15) is 31.7 Å². The van der Waals surface area contributed by atoms with Crippen molar-refractivity contribution in [2.45, 2.75) is 26.2 Å². The molecule has 1 unspecified atom stereocenters. The molecule has 0 aromatic carbocycles. The van der Waals surface area contributed by atoms with Crippen LogP contribution in [-0.4, -0.2) is 4.98 Å². The molecule has 1 nitrogen and oxygen atoms in total. The van der Waals surface area contributed by atoms with E-state index in [1.54, 1.807) is 0 Å². The lowest BCUT2D eigenvalue weighted by Crippen LogP contribution is -1.93. The molecule has 60 valence electrons. The molecule has 11 heavy (non-hydrogen) atoms. The van der Waals surface area contributed by atoms with Gasteiger partial charge in [0, 0.05) is 6.20 Å². The van der Waals surface area contributed by atoms with Crippen LogP contribution in [0.5, 0.6) is 0 Å². The second-order valence-electron chi connectivity index (χ2n) is 2.72. The van der Waals surface area contributed by atoms with Crippen LogP contribution in [0.3, 0.4) is 0 Å². The molecule has 0 fully saturated rings. The zero-order chi connectivity index (χ0) is 8.27. The Balaban J connectivity index is 2.86. The van der Waals surface area contributed by atoms with Gasteiger partial charge in [0.05, 0.1) is 0 Å². The van der Waals surface area contributed by atoms with Crippen LogP contribution in [0, 0.1) is 5.95 Å². The SMILES string of the molecule is CCC(C)c1ccnc(F)c1. The average Bonchev–Trinajstić information content (AvgIpc) is 2.03. The molecule has 0 N–H and O–H groups in total. The molecule has 0 aliphatic heterocycles. The van der Waals surface area contributed by atoms with Crippen molar-refractivity contribution in [3.8, 4) is 0 Å². The van der Waals surface area contributed by atoms with Gasteiger partial charge in [-0.1, -0.05) is 13.8 Å². The summed E-state index contributed by atoms with van der Waals surface area (Å²) in [7, 11) is 0. The summed E-state index contributed by atoms with van der Waals surface area (Å²) in [5, 5.41) is 0. The molecule has 1 aromatic rings. The molecular weight excluding hydrogens is 141 g/mol. The van der Waals surface area contributed by atoms with E-state index in [0.29, 0.717) is 5.92 Å². The number of aromatic nitrogens is 1. The Bertz CT molecular complexity index is 235. The Morgan fingerprint density at radius 3 is 2.91 bits per heavy atom. The first-order valence-electron chi connectivity index (χ1n) is 3.85. The van der Waals surface area contributed by atoms with Gasteiger partial charge in [-0.3, -0.25) is 0 Å². The Morgan fingerprint density at radius 1 is 1.64 bits per heavy atom. The lowest BCUT2D eigenvalue weighted by Gasteiger charge is -2.06. The molecule has 1 atom stereocenters. The highest BCUT2D eigenvalue weighted by Crippen LogP contribution is 2.17. The highest BCUT2D eigenvalue weighted by atomic mass is 19.1. The van der Waals surface area contributed by atoms with Crippen LogP contribution in [0.4, 0.5) is 4.39 Å². The number of nitrogens with zero attached hydrogens (tertiary/aromatic N) is 1. The number of halogens is 1. The maximum atomic E-state index is 12.6. The minimum Gasteiger partial charge on any atom is -0.228 e. The monoisotopic (exact) mass is 153 g/mol. The van der Waals surface area contributed by atoms with Crippen molar-refractivity contribution < 1.29 is 4.39 Å². The molecule has 1 aromatic heterocycles. The predicted molar refractivity (Wildman–Crippen MR) is 42.9 cm³/mol. The van der Waals surface area contributed by atoms with Gasteiger partial charge in [-0.2, -0.15) is 4.39 Å². The molecule has 0 radical (unpaired) electrons. The highest BCUT2D eigenvalue weighted by Gasteiger charge is 2.02. The van der Waals surface area contributed by atoms with Gasteiger partial charge in [0.1, 0.15) is 0 Å². The van der Waals surface area contributed by atoms with E-state index in [-0.39, 0.29) is 5.95 Å². The van der Waals surface area contributed by atoms with Gasteiger partial charge in [-0.05, 0) is 30.0 Å². The number of hydrogen-bond acceptors (Lipinski definition) is 1. The normalized spacial score (nSPS) is 13.0. The minimum absolute atomic E-state index is 0.386. The largest absolute Gasteiger partial charge is 0.228 e. The minimum atomic E-state index is -0.386. The molecule has 0 amide bonds. The molecule has 0 saturated carbocycles. The van der Waals surface area contributed by atoms with Crippen molar-refractivity contribution in [1.29, 1.82) is 0 Å². The molecular formula is C9H12FN. The van der Waals surface area contributed by atoms with E-state index in [0.717, 1.165) is 12.0 Å². The topological polar surface area (TPSA) is 12.9 Å². The van der Waals surface area contributed by atoms with Crippen molar-refractivity contribution in [3.05, 3.63) is 29.8 Å². The lowest BCUT2D eigenvalue weighted by molar-refractivity contribution is 0.577. The first-order valence-corrected chi connectivity index (χ1v) is 3.85. The van der Waals surface area contributed by atoms with Gasteiger partial charge in [-0.15, -0.1) is 0 Å². The zero-order valence-corrected chi connectivity index (χ0v) is 6.84. The Kier molecular flexibility index (Phi) is 2.58. The van der Waals surface area contributed by atoms with Gasteiger partial charge in [0.2, 0.25) is 5.95 Å². The Hall–Kier alpha value is -0.920. The second kappa shape index (κ2) is 3.46. The highest BCUT2D eigenvalue weighted by molar-refractivity contribution is 5.15. The van der Waals surface area contributed by atoms with Gasteiger partial charge < -0.3 is 0 Å². The third-order valence-corrected chi connectivity index (χ3v) is 1.93. The maximum absolute atomic E-state index is 12.6. The van der Waals surface area contributed by atoms with Crippen LogP contribution in [0.25, 0.3) is 0 Å². The molecule has 1 heterocycles. The number of pyridine rings is 1. The molecule has 0 saturated heterocycles. The van der Waals surface area contributed by atoms with Crippen LogP contribution in [0.15, 0.2) is 18.3 Å². The van der Waals surface area contributed by atoms with Crippen LogP contribution in [0.2, 0.25) is 0 Å². The fourth-order valence-electron chi connectivity index (χ4n) is 0.960. The van der Waals surface area contributed by atoms with Gasteiger partial charge in [-0.25, -0.2) is 4.98 Å². The molecule has 1 rings (SSSR count). The summed E-state index contributed by atoms with van der Waals surface area (Å²) >= 11 is 0. The zero-order valence-electron chi connectivity index (χ0n) is 6.84. The van der Waals surface area contributed by atoms with Gasteiger partial charge in [0.15, 0.2) is 0 Å². The quantitative estimate of drug-likeness (QED) is 0.595. The summed E-state index contributed by atoms with van der Waals surface area (Å²) in [6.45, 7) is 4.16. The molecule has 0 spiro atoms. The fraction of sp³-hybridized carbons (Fsp3) is 0.444. The summed E-state index contributed by atoms with van der Waals surface area (Å²) in [6, 6.07) is 3.35. The first kappa shape index (κ1) is 8.18. The maximum Gasteiger partial charge on any atom is 0.213 e. The fourth-order valence-corrected chi connectivity index (χ4v) is 0.960. The predicted octanol–water partition coefficient (Wildman–Crippen LogP) is 2.73. The summed E-state index contributed by atoms with van der Waals surface area (Å²) in [5.74, 6) is 0.0373. The molecule has 0 aliphatic carbocycles. The van der Waals surface area contributed by atoms with Crippen LogP contribution in [-0.2, 0) is 0 Å². The van der Waals surface area contributed by atoms with Crippen molar-refractivity contribution >= 4 is 0 Å². The van der Waals surface area contributed by atoms with E-state index in [1.165, 1.54) is 12.3 Å². The number of hydrogen-bond donors (Lipinski definition) is 0. The summed E-state index contributed by atoms with van der Waals surface area (Å²) < 4.78 is 12.6. The summed E-state index contributed by atoms with van der Waals surface area (Å²) in [5.41, 5.74) is 1.03. The van der Waals surface area contributed by atoms with E-state index in [1.807, 2.05) is 6.07 Å². The van der Waals surface area contributed by atoms with E-state index in [9.17, 15) is 4.39 Å². The molecule has 0 bridgehead atoms. The third kappa shape index (κ3) is 2.00. The van der Waals surface area contributed by atoms with E-state index in [2.05, 4.69) is 18.8 Å². The Morgan fingerprint density at radius 2 is 2.36 bits per heavy atom.